The van der Waals surface area contributed by atoms with Gasteiger partial charge in [0.15, 0.2) is 0 Å². The van der Waals surface area contributed by atoms with E-state index >= 15 is 0 Å². The number of benzene rings is 1. The summed E-state index contributed by atoms with van der Waals surface area (Å²) in [4.78, 5) is 4.31. The molecule has 1 aromatic heterocycles. The van der Waals surface area contributed by atoms with Crippen molar-refractivity contribution in [2.45, 2.75) is 18.2 Å². The van der Waals surface area contributed by atoms with Crippen LogP contribution in [0.4, 0.5) is 5.69 Å². The van der Waals surface area contributed by atoms with Crippen molar-refractivity contribution >= 4 is 38.6 Å². The number of hydrogen-bond donors (Lipinski definition) is 2. The van der Waals surface area contributed by atoms with Crippen LogP contribution in [0.1, 0.15) is 10.7 Å². The Morgan fingerprint density at radius 1 is 1.45 bits per heavy atom. The van der Waals surface area contributed by atoms with Crippen molar-refractivity contribution in [3.8, 4) is 0 Å². The minimum absolute atomic E-state index is 0.0391. The lowest BCUT2D eigenvalue weighted by molar-refractivity contribution is 0.582. The number of aromatic nitrogens is 1. The third kappa shape index (κ3) is 3.69. The molecule has 0 spiro atoms. The number of anilines is 1. The summed E-state index contributed by atoms with van der Waals surface area (Å²) < 4.78 is 26.7. The zero-order chi connectivity index (χ0) is 14.8. The molecule has 0 radical (unpaired) electrons. The average molecular weight is 332 g/mol. The number of nitrogens with zero attached hydrogens (tertiary/aromatic N) is 1. The van der Waals surface area contributed by atoms with Crippen LogP contribution >= 0.6 is 22.9 Å². The normalized spacial score (nSPS) is 11.7. The Morgan fingerprint density at radius 3 is 2.80 bits per heavy atom. The van der Waals surface area contributed by atoms with E-state index in [1.54, 1.807) is 0 Å². The van der Waals surface area contributed by atoms with Crippen LogP contribution in [0.15, 0.2) is 28.5 Å². The van der Waals surface area contributed by atoms with Crippen molar-refractivity contribution in [3.05, 3.63) is 39.3 Å². The summed E-state index contributed by atoms with van der Waals surface area (Å²) in [6, 6.07) is 4.31. The Balaban J connectivity index is 2.04. The average Bonchev–Trinajstić information content (AvgIpc) is 2.74. The zero-order valence-electron chi connectivity index (χ0n) is 10.8. The fourth-order valence-corrected chi connectivity index (χ4v) is 3.75. The fraction of sp³-hybridized carbons (Fsp3) is 0.250. The third-order valence-corrected chi connectivity index (χ3v) is 5.36. The van der Waals surface area contributed by atoms with Gasteiger partial charge in [-0.05, 0) is 25.1 Å². The van der Waals surface area contributed by atoms with E-state index in [0.29, 0.717) is 11.4 Å². The molecule has 0 saturated heterocycles. The van der Waals surface area contributed by atoms with E-state index in [1.807, 2.05) is 12.3 Å². The van der Waals surface area contributed by atoms with Gasteiger partial charge in [0, 0.05) is 29.1 Å². The molecule has 0 saturated carbocycles. The largest absolute Gasteiger partial charge is 0.398 e. The zero-order valence-corrected chi connectivity index (χ0v) is 13.1. The molecule has 0 aliphatic heterocycles. The first kappa shape index (κ1) is 15.2. The highest BCUT2D eigenvalue weighted by Crippen LogP contribution is 2.22. The molecule has 108 valence electrons. The number of aryl methyl sites for hydroxylation is 1. The number of halogens is 1. The van der Waals surface area contributed by atoms with Gasteiger partial charge in [-0.2, -0.15) is 0 Å². The number of hydrogen-bond acceptors (Lipinski definition) is 5. The molecular weight excluding hydrogens is 318 g/mol. The Bertz CT molecular complexity index is 713. The summed E-state index contributed by atoms with van der Waals surface area (Å²) in [6.45, 7) is 2.18. The molecule has 2 rings (SSSR count). The Hall–Kier alpha value is -1.15. The van der Waals surface area contributed by atoms with Gasteiger partial charge in [0.2, 0.25) is 10.0 Å². The molecule has 5 nitrogen and oxygen atoms in total. The number of rotatable bonds is 5. The summed E-state index contributed by atoms with van der Waals surface area (Å²) in [7, 11) is -3.63. The number of sulfonamides is 1. The van der Waals surface area contributed by atoms with Gasteiger partial charge in [0.1, 0.15) is 4.90 Å². The molecule has 3 N–H and O–H groups in total. The monoisotopic (exact) mass is 331 g/mol. The maximum atomic E-state index is 12.1. The Kier molecular flexibility index (Phi) is 4.64. The van der Waals surface area contributed by atoms with Crippen molar-refractivity contribution in [2.24, 2.45) is 0 Å². The fourth-order valence-electron chi connectivity index (χ4n) is 1.65. The molecule has 0 unspecified atom stereocenters. The van der Waals surface area contributed by atoms with Gasteiger partial charge < -0.3 is 5.73 Å². The molecule has 0 fully saturated rings. The van der Waals surface area contributed by atoms with Crippen LogP contribution in [-0.4, -0.2) is 19.9 Å². The topological polar surface area (TPSA) is 85.1 Å². The van der Waals surface area contributed by atoms with Crippen LogP contribution < -0.4 is 10.5 Å². The van der Waals surface area contributed by atoms with Crippen LogP contribution in [0.3, 0.4) is 0 Å². The van der Waals surface area contributed by atoms with E-state index in [0.717, 1.165) is 10.7 Å². The minimum atomic E-state index is -3.63. The molecule has 20 heavy (non-hydrogen) atoms. The molecule has 8 heteroatoms. The second-order valence-electron chi connectivity index (χ2n) is 4.21. The van der Waals surface area contributed by atoms with E-state index < -0.39 is 10.0 Å². The Morgan fingerprint density at radius 2 is 2.20 bits per heavy atom. The van der Waals surface area contributed by atoms with Gasteiger partial charge in [0.25, 0.3) is 0 Å². The smallest absolute Gasteiger partial charge is 0.242 e. The minimum Gasteiger partial charge on any atom is -0.398 e. The molecule has 0 amide bonds. The molecule has 2 aromatic rings. The number of nitrogens with one attached hydrogen (secondary N) is 1. The number of nitrogen functional groups attached to an aromatic ring is 1. The maximum absolute atomic E-state index is 12.1. The quantitative estimate of drug-likeness (QED) is 0.822. The first-order valence-corrected chi connectivity index (χ1v) is 8.58. The lowest BCUT2D eigenvalue weighted by Crippen LogP contribution is -2.26. The van der Waals surface area contributed by atoms with Crippen molar-refractivity contribution in [2.75, 3.05) is 12.3 Å². The van der Waals surface area contributed by atoms with E-state index in [2.05, 4.69) is 9.71 Å². The van der Waals surface area contributed by atoms with Gasteiger partial charge in [-0.1, -0.05) is 11.6 Å². The standard InChI is InChI=1S/C12H14ClN3O2S2/c1-8-7-19-12(16-8)4-5-15-20(17,18)11-3-2-9(13)6-10(11)14/h2-3,6-7,15H,4-5,14H2,1H3. The summed E-state index contributed by atoms with van der Waals surface area (Å²) in [6.07, 6.45) is 0.547. The molecule has 0 atom stereocenters. The molecule has 1 heterocycles. The Labute approximate surface area is 126 Å². The van der Waals surface area contributed by atoms with Crippen molar-refractivity contribution in [1.82, 2.24) is 9.71 Å². The van der Waals surface area contributed by atoms with Gasteiger partial charge in [-0.3, -0.25) is 0 Å². The van der Waals surface area contributed by atoms with Crippen LogP contribution in [0.25, 0.3) is 0 Å². The highest BCUT2D eigenvalue weighted by Gasteiger charge is 2.17. The van der Waals surface area contributed by atoms with Gasteiger partial charge in [-0.25, -0.2) is 18.1 Å². The third-order valence-electron chi connectivity index (χ3n) is 2.56. The predicted octanol–water partition coefficient (Wildman–Crippen LogP) is 2.21. The lowest BCUT2D eigenvalue weighted by Gasteiger charge is -2.08. The first-order valence-electron chi connectivity index (χ1n) is 5.84. The molecule has 0 bridgehead atoms. The van der Waals surface area contributed by atoms with Crippen LogP contribution in [-0.2, 0) is 16.4 Å². The second-order valence-corrected chi connectivity index (χ2v) is 7.33. The van der Waals surface area contributed by atoms with E-state index in [-0.39, 0.29) is 17.1 Å². The van der Waals surface area contributed by atoms with Crippen molar-refractivity contribution < 1.29 is 8.42 Å². The predicted molar refractivity (Wildman–Crippen MR) is 81.6 cm³/mol. The molecule has 0 aliphatic rings. The van der Waals surface area contributed by atoms with Gasteiger partial charge in [-0.15, -0.1) is 11.3 Å². The van der Waals surface area contributed by atoms with Crippen LogP contribution in [0.5, 0.6) is 0 Å². The maximum Gasteiger partial charge on any atom is 0.242 e. The summed E-state index contributed by atoms with van der Waals surface area (Å²) in [5.41, 5.74) is 6.75. The number of nitrogens with two attached hydrogens (primary N) is 1. The van der Waals surface area contributed by atoms with Crippen LogP contribution in [0, 0.1) is 6.92 Å². The molecule has 1 aromatic carbocycles. The highest BCUT2D eigenvalue weighted by molar-refractivity contribution is 7.89. The summed E-state index contributed by atoms with van der Waals surface area (Å²) in [5, 5.41) is 3.23. The van der Waals surface area contributed by atoms with Crippen molar-refractivity contribution in [3.63, 3.8) is 0 Å². The molecule has 0 aliphatic carbocycles. The number of thiazole rings is 1. The summed E-state index contributed by atoms with van der Waals surface area (Å²) >= 11 is 7.26. The SMILES string of the molecule is Cc1csc(CCNS(=O)(=O)c2ccc(Cl)cc2N)n1. The first-order chi connectivity index (χ1) is 9.38. The van der Waals surface area contributed by atoms with E-state index in [4.69, 9.17) is 17.3 Å². The second kappa shape index (κ2) is 6.09. The lowest BCUT2D eigenvalue weighted by atomic mass is 10.3. The van der Waals surface area contributed by atoms with Crippen LogP contribution in [0.2, 0.25) is 5.02 Å². The van der Waals surface area contributed by atoms with E-state index in [9.17, 15) is 8.42 Å². The van der Waals surface area contributed by atoms with Gasteiger partial charge >= 0.3 is 0 Å². The van der Waals surface area contributed by atoms with Crippen molar-refractivity contribution in [1.29, 1.82) is 0 Å². The molecular formula is C12H14ClN3O2S2. The highest BCUT2D eigenvalue weighted by atomic mass is 35.5. The summed E-state index contributed by atoms with van der Waals surface area (Å²) in [5.74, 6) is 0. The van der Waals surface area contributed by atoms with Gasteiger partial charge in [0.05, 0.1) is 10.7 Å². The van der Waals surface area contributed by atoms with E-state index in [1.165, 1.54) is 29.5 Å².